The van der Waals surface area contributed by atoms with Crippen LogP contribution in [0, 0.1) is 17.8 Å². The molecule has 2 rings (SSSR count). The van der Waals surface area contributed by atoms with Crippen molar-refractivity contribution >= 4 is 8.32 Å². The fourth-order valence-corrected chi connectivity index (χ4v) is 3.23. The van der Waals surface area contributed by atoms with Crippen LogP contribution in [-0.2, 0) is 4.43 Å². The van der Waals surface area contributed by atoms with E-state index in [2.05, 4.69) is 31.8 Å². The van der Waals surface area contributed by atoms with Crippen molar-refractivity contribution < 1.29 is 4.43 Å². The van der Waals surface area contributed by atoms with E-state index in [1.54, 1.807) is 0 Å². The highest BCUT2D eigenvalue weighted by Crippen LogP contribution is 2.43. The van der Waals surface area contributed by atoms with Gasteiger partial charge in [-0.25, -0.2) is 0 Å². The summed E-state index contributed by atoms with van der Waals surface area (Å²) in [5.41, 5.74) is 2.02. The van der Waals surface area contributed by atoms with Crippen molar-refractivity contribution in [1.82, 2.24) is 0 Å². The first-order valence-electron chi connectivity index (χ1n) is 5.56. The predicted octanol–water partition coefficient (Wildman–Crippen LogP) is 3.15. The molecule has 2 aliphatic rings. The van der Waals surface area contributed by atoms with Crippen LogP contribution in [-0.4, -0.2) is 14.9 Å². The molecule has 3 atom stereocenters. The molecule has 0 aromatic heterocycles. The van der Waals surface area contributed by atoms with Crippen molar-refractivity contribution in [2.24, 2.45) is 17.8 Å². The molecule has 1 saturated carbocycles. The van der Waals surface area contributed by atoms with E-state index in [4.69, 9.17) is 4.43 Å². The molecule has 2 aliphatic carbocycles. The molecule has 0 N–H and O–H groups in total. The van der Waals surface area contributed by atoms with Crippen molar-refractivity contribution in [3.05, 3.63) is 24.4 Å². The molecule has 3 unspecified atom stereocenters. The Balaban J connectivity index is 1.82. The summed E-state index contributed by atoms with van der Waals surface area (Å²) in [6.45, 7) is 9.23. The third-order valence-corrected chi connectivity index (χ3v) is 5.47. The molecule has 1 fully saturated rings. The standard InChI is InChI=1S/C12H20OSi/c1-4-14(2,3)13-9-12-8-10-5-6-11(12)7-10/h4-6,10-12H,1,7-9H2,2-3H3. The first-order chi connectivity index (χ1) is 6.61. The van der Waals surface area contributed by atoms with Gasteiger partial charge in [-0.2, -0.15) is 0 Å². The van der Waals surface area contributed by atoms with E-state index in [0.717, 1.165) is 24.4 Å². The second kappa shape index (κ2) is 3.67. The lowest BCUT2D eigenvalue weighted by Gasteiger charge is -2.24. The molecule has 2 bridgehead atoms. The molecule has 0 radical (unpaired) electrons. The van der Waals surface area contributed by atoms with Crippen molar-refractivity contribution in [3.8, 4) is 0 Å². The number of hydrogen-bond donors (Lipinski definition) is 0. The minimum Gasteiger partial charge on any atom is -0.413 e. The molecular formula is C12H20OSi. The zero-order chi connectivity index (χ0) is 10.2. The van der Waals surface area contributed by atoms with E-state index in [0.29, 0.717) is 0 Å². The maximum atomic E-state index is 6.00. The SMILES string of the molecule is C=C[Si](C)(C)OCC1CC2C=CC1C2. The summed E-state index contributed by atoms with van der Waals surface area (Å²) < 4.78 is 6.00. The smallest absolute Gasteiger partial charge is 0.210 e. The predicted molar refractivity (Wildman–Crippen MR) is 62.5 cm³/mol. The summed E-state index contributed by atoms with van der Waals surface area (Å²) >= 11 is 0. The van der Waals surface area contributed by atoms with Crippen LogP contribution in [0.1, 0.15) is 12.8 Å². The van der Waals surface area contributed by atoms with Crippen LogP contribution in [0.15, 0.2) is 24.4 Å². The van der Waals surface area contributed by atoms with Crippen molar-refractivity contribution in [1.29, 1.82) is 0 Å². The van der Waals surface area contributed by atoms with Crippen LogP contribution in [0.25, 0.3) is 0 Å². The summed E-state index contributed by atoms with van der Waals surface area (Å²) in [5, 5.41) is 0. The van der Waals surface area contributed by atoms with Gasteiger partial charge in [0.05, 0.1) is 0 Å². The van der Waals surface area contributed by atoms with E-state index in [1.165, 1.54) is 12.8 Å². The van der Waals surface area contributed by atoms with Gasteiger partial charge in [-0.3, -0.25) is 0 Å². The van der Waals surface area contributed by atoms with Gasteiger partial charge >= 0.3 is 0 Å². The molecule has 2 heteroatoms. The fourth-order valence-electron chi connectivity index (χ4n) is 2.47. The number of rotatable bonds is 4. The van der Waals surface area contributed by atoms with Crippen molar-refractivity contribution in [3.63, 3.8) is 0 Å². The second-order valence-electron chi connectivity index (χ2n) is 5.16. The molecule has 0 aliphatic heterocycles. The van der Waals surface area contributed by atoms with Crippen LogP contribution >= 0.6 is 0 Å². The summed E-state index contributed by atoms with van der Waals surface area (Å²) in [7, 11) is -1.53. The van der Waals surface area contributed by atoms with Gasteiger partial charge in [-0.1, -0.05) is 17.9 Å². The van der Waals surface area contributed by atoms with Crippen LogP contribution < -0.4 is 0 Å². The molecule has 0 heterocycles. The molecule has 14 heavy (non-hydrogen) atoms. The Morgan fingerprint density at radius 1 is 1.43 bits per heavy atom. The molecule has 78 valence electrons. The number of hydrogen-bond acceptors (Lipinski definition) is 1. The van der Waals surface area contributed by atoms with Crippen molar-refractivity contribution in [2.75, 3.05) is 6.61 Å². The highest BCUT2D eigenvalue weighted by Gasteiger charge is 2.36. The Morgan fingerprint density at radius 3 is 2.71 bits per heavy atom. The minimum absolute atomic E-state index is 0.789. The van der Waals surface area contributed by atoms with Gasteiger partial charge in [0.25, 0.3) is 0 Å². The van der Waals surface area contributed by atoms with E-state index in [1.807, 2.05) is 5.70 Å². The molecule has 1 nitrogen and oxygen atoms in total. The Labute approximate surface area is 88.0 Å². The van der Waals surface area contributed by atoms with Gasteiger partial charge in [-0.15, -0.1) is 6.58 Å². The second-order valence-corrected chi connectivity index (χ2v) is 9.06. The average molecular weight is 208 g/mol. The maximum Gasteiger partial charge on any atom is 0.210 e. The normalized spacial score (nSPS) is 35.1. The molecule has 0 aromatic carbocycles. The number of allylic oxidation sites excluding steroid dienone is 2. The minimum atomic E-state index is -1.53. The average Bonchev–Trinajstić information content (AvgIpc) is 2.76. The van der Waals surface area contributed by atoms with E-state index in [9.17, 15) is 0 Å². The first-order valence-corrected chi connectivity index (χ1v) is 8.55. The highest BCUT2D eigenvalue weighted by molar-refractivity contribution is 6.76. The van der Waals surface area contributed by atoms with Crippen LogP contribution in [0.2, 0.25) is 13.1 Å². The quantitative estimate of drug-likeness (QED) is 0.509. The lowest BCUT2D eigenvalue weighted by Crippen LogP contribution is -2.31. The summed E-state index contributed by atoms with van der Waals surface area (Å²) in [5.74, 6) is 2.47. The lowest BCUT2D eigenvalue weighted by molar-refractivity contribution is 0.224. The Morgan fingerprint density at radius 2 is 2.21 bits per heavy atom. The van der Waals surface area contributed by atoms with Gasteiger partial charge in [0.2, 0.25) is 8.32 Å². The topological polar surface area (TPSA) is 9.23 Å². The van der Waals surface area contributed by atoms with Gasteiger partial charge in [0.15, 0.2) is 0 Å². The van der Waals surface area contributed by atoms with Crippen molar-refractivity contribution in [2.45, 2.75) is 25.9 Å². The zero-order valence-electron chi connectivity index (χ0n) is 9.20. The van der Waals surface area contributed by atoms with Crippen LogP contribution in [0.5, 0.6) is 0 Å². The summed E-state index contributed by atoms with van der Waals surface area (Å²) in [6, 6.07) is 0. The molecule has 0 spiro atoms. The fraction of sp³-hybridized carbons (Fsp3) is 0.667. The summed E-state index contributed by atoms with van der Waals surface area (Å²) in [6.07, 6.45) is 7.51. The van der Waals surface area contributed by atoms with Gasteiger partial charge in [0, 0.05) is 6.61 Å². The van der Waals surface area contributed by atoms with Gasteiger partial charge in [-0.05, 0) is 43.7 Å². The Hall–Kier alpha value is -0.343. The molecule has 0 saturated heterocycles. The number of fused-ring (bicyclic) bond motifs is 2. The summed E-state index contributed by atoms with van der Waals surface area (Å²) in [4.78, 5) is 0. The highest BCUT2D eigenvalue weighted by atomic mass is 28.4. The Bertz CT molecular complexity index is 257. The monoisotopic (exact) mass is 208 g/mol. The molecule has 0 aromatic rings. The molecular weight excluding hydrogens is 188 g/mol. The first kappa shape index (κ1) is 10.2. The largest absolute Gasteiger partial charge is 0.413 e. The molecule has 0 amide bonds. The van der Waals surface area contributed by atoms with E-state index in [-0.39, 0.29) is 0 Å². The van der Waals surface area contributed by atoms with Crippen LogP contribution in [0.4, 0.5) is 0 Å². The maximum absolute atomic E-state index is 6.00. The van der Waals surface area contributed by atoms with E-state index >= 15 is 0 Å². The third kappa shape index (κ3) is 2.01. The Kier molecular flexibility index (Phi) is 2.67. The van der Waals surface area contributed by atoms with E-state index < -0.39 is 8.32 Å². The lowest BCUT2D eigenvalue weighted by atomic mass is 9.95. The van der Waals surface area contributed by atoms with Crippen LogP contribution in [0.3, 0.4) is 0 Å². The van der Waals surface area contributed by atoms with Gasteiger partial charge < -0.3 is 4.43 Å². The van der Waals surface area contributed by atoms with Gasteiger partial charge in [0.1, 0.15) is 0 Å². The third-order valence-electron chi connectivity index (χ3n) is 3.58. The zero-order valence-corrected chi connectivity index (χ0v) is 10.2.